The van der Waals surface area contributed by atoms with Crippen LogP contribution in [0.15, 0.2) is 54.9 Å². The molecule has 4 rings (SSSR count). The van der Waals surface area contributed by atoms with E-state index in [2.05, 4.69) is 10.7 Å². The van der Waals surface area contributed by atoms with Crippen LogP contribution in [-0.2, 0) is 9.59 Å². The molecule has 8 heteroatoms. The molecule has 2 aromatic rings. The van der Waals surface area contributed by atoms with Crippen LogP contribution in [0.5, 0.6) is 0 Å². The minimum absolute atomic E-state index is 0.0125. The van der Waals surface area contributed by atoms with E-state index < -0.39 is 0 Å². The molecule has 0 radical (unpaired) electrons. The van der Waals surface area contributed by atoms with Gasteiger partial charge in [-0.15, -0.1) is 0 Å². The van der Waals surface area contributed by atoms with Crippen molar-refractivity contribution in [3.05, 3.63) is 76.8 Å². The molecule has 29 heavy (non-hydrogen) atoms. The molecule has 150 valence electrons. The second-order valence-corrected chi connectivity index (χ2v) is 7.60. The van der Waals surface area contributed by atoms with E-state index in [1.54, 1.807) is 24.3 Å². The third-order valence-corrected chi connectivity index (χ3v) is 5.38. The van der Waals surface area contributed by atoms with E-state index in [0.717, 1.165) is 5.56 Å². The number of carbonyl (C=O) groups excluding carboxylic acids is 2. The molecule has 0 spiro atoms. The average molecular weight is 415 g/mol. The smallest absolute Gasteiger partial charge is 0.251 e. The Morgan fingerprint density at radius 3 is 2.72 bits per heavy atom. The fourth-order valence-electron chi connectivity index (χ4n) is 3.59. The standard InChI is InChI=1S/C21H20ClFN4O2/c1-13-10-16(23)6-7-17(13)24-20(28)12-26-8-9-27-19(21(26)29)11-18(25-27)14-2-4-15(22)5-3-14/h2-10,18-19,25H,11-12H2,1H3,(H,24,28). The van der Waals surface area contributed by atoms with Gasteiger partial charge in [0, 0.05) is 23.1 Å². The number of halogens is 2. The molecule has 2 aliphatic rings. The number of hydrogen-bond donors (Lipinski definition) is 2. The van der Waals surface area contributed by atoms with Crippen LogP contribution >= 0.6 is 11.6 Å². The van der Waals surface area contributed by atoms with Gasteiger partial charge >= 0.3 is 0 Å². The summed E-state index contributed by atoms with van der Waals surface area (Å²) in [7, 11) is 0. The maximum absolute atomic E-state index is 13.2. The predicted molar refractivity (Wildman–Crippen MR) is 108 cm³/mol. The van der Waals surface area contributed by atoms with Crippen molar-refractivity contribution < 1.29 is 14.0 Å². The van der Waals surface area contributed by atoms with Gasteiger partial charge in [-0.3, -0.25) is 9.59 Å². The third-order valence-electron chi connectivity index (χ3n) is 5.12. The van der Waals surface area contributed by atoms with Gasteiger partial charge in [0.25, 0.3) is 5.91 Å². The van der Waals surface area contributed by atoms with E-state index in [0.29, 0.717) is 22.7 Å². The van der Waals surface area contributed by atoms with Crippen LogP contribution in [0.4, 0.5) is 10.1 Å². The summed E-state index contributed by atoms with van der Waals surface area (Å²) in [5.74, 6) is -0.854. The Labute approximate surface area is 172 Å². The van der Waals surface area contributed by atoms with Crippen molar-refractivity contribution >= 4 is 29.1 Å². The first-order valence-corrected chi connectivity index (χ1v) is 9.63. The highest BCUT2D eigenvalue weighted by atomic mass is 35.5. The molecular formula is C21H20ClFN4O2. The van der Waals surface area contributed by atoms with Crippen molar-refractivity contribution in [2.45, 2.75) is 25.4 Å². The Kier molecular flexibility index (Phi) is 5.25. The zero-order chi connectivity index (χ0) is 20.5. The summed E-state index contributed by atoms with van der Waals surface area (Å²) in [4.78, 5) is 26.7. The average Bonchev–Trinajstić information content (AvgIpc) is 3.12. The molecule has 2 N–H and O–H groups in total. The van der Waals surface area contributed by atoms with E-state index in [1.165, 1.54) is 23.1 Å². The largest absolute Gasteiger partial charge is 0.324 e. The normalized spacial score (nSPS) is 20.7. The lowest BCUT2D eigenvalue weighted by Crippen LogP contribution is -2.49. The number of nitrogens with one attached hydrogen (secondary N) is 2. The van der Waals surface area contributed by atoms with Gasteiger partial charge in [0.2, 0.25) is 5.91 Å². The quantitative estimate of drug-likeness (QED) is 0.805. The second-order valence-electron chi connectivity index (χ2n) is 7.16. The number of amides is 2. The topological polar surface area (TPSA) is 64.7 Å². The van der Waals surface area contributed by atoms with E-state index in [1.807, 2.05) is 24.3 Å². The van der Waals surface area contributed by atoms with Crippen LogP contribution < -0.4 is 10.7 Å². The minimum atomic E-state index is -0.388. The van der Waals surface area contributed by atoms with Crippen molar-refractivity contribution in [2.24, 2.45) is 0 Å². The van der Waals surface area contributed by atoms with Crippen molar-refractivity contribution in [2.75, 3.05) is 11.9 Å². The number of hydrogen-bond acceptors (Lipinski definition) is 4. The molecule has 2 amide bonds. The summed E-state index contributed by atoms with van der Waals surface area (Å²) >= 11 is 5.95. The molecule has 2 heterocycles. The third kappa shape index (κ3) is 4.11. The van der Waals surface area contributed by atoms with Gasteiger partial charge in [0.05, 0.1) is 6.04 Å². The molecule has 2 atom stereocenters. The van der Waals surface area contributed by atoms with Gasteiger partial charge in [-0.2, -0.15) is 0 Å². The van der Waals surface area contributed by atoms with Gasteiger partial charge < -0.3 is 15.2 Å². The monoisotopic (exact) mass is 414 g/mol. The number of carbonyl (C=O) groups is 2. The van der Waals surface area contributed by atoms with Gasteiger partial charge in [-0.05, 0) is 54.8 Å². The van der Waals surface area contributed by atoms with Gasteiger partial charge in [-0.1, -0.05) is 23.7 Å². The lowest BCUT2D eigenvalue weighted by atomic mass is 10.0. The number of benzene rings is 2. The molecule has 0 aliphatic carbocycles. The Balaban J connectivity index is 1.40. The Hall–Kier alpha value is -2.90. The highest BCUT2D eigenvalue weighted by molar-refractivity contribution is 6.30. The number of anilines is 1. The molecule has 2 aliphatic heterocycles. The van der Waals surface area contributed by atoms with Gasteiger partial charge in [-0.25, -0.2) is 9.82 Å². The lowest BCUT2D eigenvalue weighted by Gasteiger charge is -2.31. The van der Waals surface area contributed by atoms with Crippen molar-refractivity contribution in [1.29, 1.82) is 0 Å². The SMILES string of the molecule is Cc1cc(F)ccc1NC(=O)CN1C=CN2NC(c3ccc(Cl)cc3)CC2C1=O. The van der Waals surface area contributed by atoms with Crippen LogP contribution in [0.1, 0.15) is 23.6 Å². The first-order chi connectivity index (χ1) is 13.9. The van der Waals surface area contributed by atoms with Crippen molar-refractivity contribution in [3.8, 4) is 0 Å². The molecule has 2 unspecified atom stereocenters. The summed E-state index contributed by atoms with van der Waals surface area (Å²) in [5, 5.41) is 5.17. The van der Waals surface area contributed by atoms with Crippen LogP contribution in [0.3, 0.4) is 0 Å². The number of fused-ring (bicyclic) bond motifs is 1. The Morgan fingerprint density at radius 2 is 2.00 bits per heavy atom. The molecule has 0 saturated carbocycles. The summed E-state index contributed by atoms with van der Waals surface area (Å²) in [6, 6.07) is 11.3. The van der Waals surface area contributed by atoms with Crippen LogP contribution in [-0.4, -0.2) is 34.3 Å². The summed E-state index contributed by atoms with van der Waals surface area (Å²) in [6.45, 7) is 1.60. The molecule has 0 aromatic heterocycles. The van der Waals surface area contributed by atoms with Crippen molar-refractivity contribution in [3.63, 3.8) is 0 Å². The highest BCUT2D eigenvalue weighted by Crippen LogP contribution is 2.31. The summed E-state index contributed by atoms with van der Waals surface area (Å²) in [5.41, 5.74) is 5.49. The molecule has 1 fully saturated rings. The minimum Gasteiger partial charge on any atom is -0.324 e. The molecule has 2 aromatic carbocycles. The van der Waals surface area contributed by atoms with E-state index in [-0.39, 0.29) is 36.3 Å². The molecule has 6 nitrogen and oxygen atoms in total. The van der Waals surface area contributed by atoms with E-state index in [9.17, 15) is 14.0 Å². The van der Waals surface area contributed by atoms with Crippen molar-refractivity contribution in [1.82, 2.24) is 15.3 Å². The number of nitrogens with zero attached hydrogens (tertiary/aromatic N) is 2. The fourth-order valence-corrected chi connectivity index (χ4v) is 3.72. The van der Waals surface area contributed by atoms with Crippen LogP contribution in [0.25, 0.3) is 0 Å². The maximum Gasteiger partial charge on any atom is 0.251 e. The lowest BCUT2D eigenvalue weighted by molar-refractivity contribution is -0.137. The Bertz CT molecular complexity index is 979. The first kappa shape index (κ1) is 19.4. The summed E-state index contributed by atoms with van der Waals surface area (Å²) < 4.78 is 13.2. The number of rotatable bonds is 4. The summed E-state index contributed by atoms with van der Waals surface area (Å²) in [6.07, 6.45) is 3.94. The number of aryl methyl sites for hydroxylation is 1. The molecule has 0 bridgehead atoms. The number of hydrazine groups is 1. The van der Waals surface area contributed by atoms with E-state index in [4.69, 9.17) is 11.6 Å². The molecule has 1 saturated heterocycles. The first-order valence-electron chi connectivity index (χ1n) is 9.25. The molecular weight excluding hydrogens is 395 g/mol. The van der Waals surface area contributed by atoms with Crippen LogP contribution in [0.2, 0.25) is 5.02 Å². The zero-order valence-corrected chi connectivity index (χ0v) is 16.5. The second kappa shape index (κ2) is 7.85. The Morgan fingerprint density at radius 1 is 1.24 bits per heavy atom. The van der Waals surface area contributed by atoms with Gasteiger partial charge in [0.1, 0.15) is 18.4 Å². The zero-order valence-electron chi connectivity index (χ0n) is 15.7. The predicted octanol–water partition coefficient (Wildman–Crippen LogP) is 3.36. The van der Waals surface area contributed by atoms with Crippen LogP contribution in [0, 0.1) is 12.7 Å². The van der Waals surface area contributed by atoms with Gasteiger partial charge in [0.15, 0.2) is 0 Å². The fraction of sp³-hybridized carbons (Fsp3) is 0.238. The maximum atomic E-state index is 13.2. The van der Waals surface area contributed by atoms with E-state index >= 15 is 0 Å². The highest BCUT2D eigenvalue weighted by Gasteiger charge is 2.40.